The van der Waals surface area contributed by atoms with E-state index in [0.29, 0.717) is 24.8 Å². The summed E-state index contributed by atoms with van der Waals surface area (Å²) in [7, 11) is 0. The molecular formula is C16H21FN2OS. The Bertz CT molecular complexity index is 583. The van der Waals surface area contributed by atoms with Gasteiger partial charge in [-0.25, -0.2) is 9.37 Å². The van der Waals surface area contributed by atoms with Crippen molar-refractivity contribution in [1.82, 2.24) is 10.3 Å². The van der Waals surface area contributed by atoms with E-state index in [-0.39, 0.29) is 5.82 Å². The first-order valence-electron chi connectivity index (χ1n) is 7.07. The van der Waals surface area contributed by atoms with Gasteiger partial charge in [0.2, 0.25) is 0 Å². The van der Waals surface area contributed by atoms with Crippen LogP contribution in [-0.4, -0.2) is 11.5 Å². The number of nitrogens with zero attached hydrogens (tertiary/aromatic N) is 1. The Labute approximate surface area is 129 Å². The SMILES string of the molecule is Cc1csc(COc2cc(F)cc(CNCC(C)C)c2)n1. The Hall–Kier alpha value is -1.46. The van der Waals surface area contributed by atoms with Crippen molar-refractivity contribution in [3.05, 3.63) is 45.7 Å². The molecule has 0 bridgehead atoms. The number of hydrogen-bond acceptors (Lipinski definition) is 4. The molecule has 1 heterocycles. The molecule has 3 nitrogen and oxygen atoms in total. The molecule has 0 unspecified atom stereocenters. The fraction of sp³-hybridized carbons (Fsp3) is 0.438. The van der Waals surface area contributed by atoms with Crippen molar-refractivity contribution in [1.29, 1.82) is 0 Å². The second-order valence-corrected chi connectivity index (χ2v) is 6.43. The van der Waals surface area contributed by atoms with Crippen LogP contribution < -0.4 is 10.1 Å². The molecule has 0 aliphatic rings. The molecule has 0 aliphatic heterocycles. The Morgan fingerprint density at radius 3 is 2.81 bits per heavy atom. The maximum absolute atomic E-state index is 13.6. The van der Waals surface area contributed by atoms with E-state index in [1.165, 1.54) is 12.1 Å². The summed E-state index contributed by atoms with van der Waals surface area (Å²) in [6.45, 7) is 8.15. The summed E-state index contributed by atoms with van der Waals surface area (Å²) in [6.07, 6.45) is 0. The lowest BCUT2D eigenvalue weighted by Crippen LogP contribution is -2.19. The number of thiazole rings is 1. The lowest BCUT2D eigenvalue weighted by Gasteiger charge is -2.10. The van der Waals surface area contributed by atoms with Gasteiger partial charge in [0.05, 0.1) is 0 Å². The maximum Gasteiger partial charge on any atom is 0.140 e. The van der Waals surface area contributed by atoms with Crippen molar-refractivity contribution in [3.8, 4) is 5.75 Å². The van der Waals surface area contributed by atoms with Crippen molar-refractivity contribution >= 4 is 11.3 Å². The number of rotatable bonds is 7. The van der Waals surface area contributed by atoms with Crippen LogP contribution in [-0.2, 0) is 13.2 Å². The van der Waals surface area contributed by atoms with Gasteiger partial charge in [-0.2, -0.15) is 0 Å². The predicted molar refractivity (Wildman–Crippen MR) is 84.1 cm³/mol. The molecule has 0 saturated heterocycles. The van der Waals surface area contributed by atoms with Crippen LogP contribution in [0.15, 0.2) is 23.6 Å². The van der Waals surface area contributed by atoms with Crippen LogP contribution in [0, 0.1) is 18.7 Å². The fourth-order valence-electron chi connectivity index (χ4n) is 1.93. The summed E-state index contributed by atoms with van der Waals surface area (Å²) < 4.78 is 19.3. The van der Waals surface area contributed by atoms with E-state index in [9.17, 15) is 4.39 Å². The second-order valence-electron chi connectivity index (χ2n) is 5.49. The summed E-state index contributed by atoms with van der Waals surface area (Å²) >= 11 is 1.55. The molecule has 0 aliphatic carbocycles. The molecule has 21 heavy (non-hydrogen) atoms. The maximum atomic E-state index is 13.6. The largest absolute Gasteiger partial charge is 0.486 e. The molecule has 1 aromatic carbocycles. The van der Waals surface area contributed by atoms with E-state index in [0.717, 1.165) is 22.8 Å². The Morgan fingerprint density at radius 2 is 2.14 bits per heavy atom. The van der Waals surface area contributed by atoms with Crippen LogP contribution >= 0.6 is 11.3 Å². The first-order valence-corrected chi connectivity index (χ1v) is 7.95. The third-order valence-electron chi connectivity index (χ3n) is 2.84. The third-order valence-corrected chi connectivity index (χ3v) is 3.78. The smallest absolute Gasteiger partial charge is 0.140 e. The lowest BCUT2D eigenvalue weighted by atomic mass is 10.2. The summed E-state index contributed by atoms with van der Waals surface area (Å²) in [5.74, 6) is 0.843. The Morgan fingerprint density at radius 1 is 1.33 bits per heavy atom. The van der Waals surface area contributed by atoms with E-state index in [4.69, 9.17) is 4.74 Å². The van der Waals surface area contributed by atoms with Gasteiger partial charge in [0.25, 0.3) is 0 Å². The normalized spacial score (nSPS) is 11.1. The van der Waals surface area contributed by atoms with E-state index in [1.807, 2.05) is 18.4 Å². The van der Waals surface area contributed by atoms with Crippen LogP contribution in [0.5, 0.6) is 5.75 Å². The number of halogens is 1. The molecule has 2 rings (SSSR count). The average molecular weight is 308 g/mol. The first-order chi connectivity index (χ1) is 10.0. The lowest BCUT2D eigenvalue weighted by molar-refractivity contribution is 0.303. The van der Waals surface area contributed by atoms with Gasteiger partial charge in [0.15, 0.2) is 0 Å². The Balaban J connectivity index is 1.94. The first kappa shape index (κ1) is 15.9. The van der Waals surface area contributed by atoms with E-state index < -0.39 is 0 Å². The summed E-state index contributed by atoms with van der Waals surface area (Å²) in [4.78, 5) is 4.33. The Kier molecular flexibility index (Phi) is 5.70. The predicted octanol–water partition coefficient (Wildman–Crippen LogP) is 3.92. The molecule has 114 valence electrons. The van der Waals surface area contributed by atoms with Crippen molar-refractivity contribution in [3.63, 3.8) is 0 Å². The number of ether oxygens (including phenoxy) is 1. The standard InChI is InChI=1S/C16H21FN2OS/c1-11(2)7-18-8-13-4-14(17)6-15(5-13)20-9-16-19-12(3)10-21-16/h4-6,10-11,18H,7-9H2,1-3H3. The van der Waals surface area contributed by atoms with Gasteiger partial charge in [0.1, 0.15) is 23.2 Å². The van der Waals surface area contributed by atoms with Crippen LogP contribution in [0.25, 0.3) is 0 Å². The van der Waals surface area contributed by atoms with Gasteiger partial charge in [0, 0.05) is 23.7 Å². The third kappa shape index (κ3) is 5.44. The number of aromatic nitrogens is 1. The monoisotopic (exact) mass is 308 g/mol. The van der Waals surface area contributed by atoms with E-state index in [1.54, 1.807) is 11.3 Å². The van der Waals surface area contributed by atoms with Crippen molar-refractivity contribution in [2.24, 2.45) is 5.92 Å². The van der Waals surface area contributed by atoms with Crippen LogP contribution in [0.4, 0.5) is 4.39 Å². The van der Waals surface area contributed by atoms with Gasteiger partial charge in [-0.1, -0.05) is 13.8 Å². The van der Waals surface area contributed by atoms with Gasteiger partial charge in [-0.05, 0) is 37.1 Å². The molecule has 0 saturated carbocycles. The molecule has 0 radical (unpaired) electrons. The van der Waals surface area contributed by atoms with Gasteiger partial charge in [-0.3, -0.25) is 0 Å². The molecule has 0 amide bonds. The molecule has 0 fully saturated rings. The highest BCUT2D eigenvalue weighted by molar-refractivity contribution is 7.09. The summed E-state index contributed by atoms with van der Waals surface area (Å²) in [6, 6.07) is 4.82. The zero-order chi connectivity index (χ0) is 15.2. The second kappa shape index (κ2) is 7.52. The van der Waals surface area contributed by atoms with E-state index >= 15 is 0 Å². The highest BCUT2D eigenvalue weighted by atomic mass is 32.1. The topological polar surface area (TPSA) is 34.1 Å². The van der Waals surface area contributed by atoms with Crippen molar-refractivity contribution in [2.75, 3.05) is 6.54 Å². The average Bonchev–Trinajstić information content (AvgIpc) is 2.81. The number of benzene rings is 1. The summed E-state index contributed by atoms with van der Waals surface area (Å²) in [5, 5.41) is 6.18. The van der Waals surface area contributed by atoms with Gasteiger partial charge in [-0.15, -0.1) is 11.3 Å². The number of aryl methyl sites for hydroxylation is 1. The summed E-state index contributed by atoms with van der Waals surface area (Å²) in [5.41, 5.74) is 1.87. The minimum atomic E-state index is -0.274. The zero-order valence-electron chi connectivity index (χ0n) is 12.6. The van der Waals surface area contributed by atoms with Crippen LogP contribution in [0.1, 0.15) is 30.1 Å². The highest BCUT2D eigenvalue weighted by Crippen LogP contribution is 2.19. The molecule has 5 heteroatoms. The fourth-order valence-corrected chi connectivity index (χ4v) is 2.61. The van der Waals surface area contributed by atoms with Gasteiger partial charge < -0.3 is 10.1 Å². The quantitative estimate of drug-likeness (QED) is 0.842. The molecule has 0 atom stereocenters. The van der Waals surface area contributed by atoms with Crippen LogP contribution in [0.2, 0.25) is 0 Å². The van der Waals surface area contributed by atoms with Crippen molar-refractivity contribution < 1.29 is 9.13 Å². The molecule has 1 N–H and O–H groups in total. The minimum Gasteiger partial charge on any atom is -0.486 e. The number of hydrogen-bond donors (Lipinski definition) is 1. The molecule has 0 spiro atoms. The molecular weight excluding hydrogens is 287 g/mol. The van der Waals surface area contributed by atoms with E-state index in [2.05, 4.69) is 24.1 Å². The molecule has 2 aromatic rings. The number of nitrogens with one attached hydrogen (secondary N) is 1. The highest BCUT2D eigenvalue weighted by Gasteiger charge is 2.05. The van der Waals surface area contributed by atoms with Crippen LogP contribution in [0.3, 0.4) is 0 Å². The van der Waals surface area contributed by atoms with Gasteiger partial charge >= 0.3 is 0 Å². The molecule has 1 aromatic heterocycles. The van der Waals surface area contributed by atoms with Crippen molar-refractivity contribution in [2.45, 2.75) is 33.9 Å². The minimum absolute atomic E-state index is 0.274. The zero-order valence-corrected chi connectivity index (χ0v) is 13.5.